The second-order valence-electron chi connectivity index (χ2n) is 6.74. The summed E-state index contributed by atoms with van der Waals surface area (Å²) in [4.78, 5) is 12.3. The molecule has 0 fully saturated rings. The summed E-state index contributed by atoms with van der Waals surface area (Å²) in [5.74, 6) is -3.47. The molecule has 1 aliphatic heterocycles. The summed E-state index contributed by atoms with van der Waals surface area (Å²) in [5.41, 5.74) is 8.64. The van der Waals surface area contributed by atoms with Crippen molar-refractivity contribution in [2.24, 2.45) is 5.73 Å². The number of primary amides is 1. The first-order valence-corrected chi connectivity index (χ1v) is 9.85. The summed E-state index contributed by atoms with van der Waals surface area (Å²) in [6.45, 7) is 2.18. The Morgan fingerprint density at radius 2 is 1.93 bits per heavy atom. The molecule has 1 unspecified atom stereocenters. The fraction of sp³-hybridized carbons (Fsp3) is 0.136. The number of aryl methyl sites for hydroxylation is 1. The number of carbonyl (C=O) groups is 1. The zero-order valence-electron chi connectivity index (χ0n) is 15.5. The van der Waals surface area contributed by atoms with Crippen molar-refractivity contribution >= 4 is 23.4 Å². The average Bonchev–Trinajstić information content (AvgIpc) is 3.09. The van der Waals surface area contributed by atoms with Gasteiger partial charge in [0.25, 0.3) is 5.91 Å². The highest BCUT2D eigenvalue weighted by Crippen LogP contribution is 2.41. The van der Waals surface area contributed by atoms with Crippen molar-refractivity contribution < 1.29 is 18.3 Å². The molecular weight excluding hydrogens is 394 g/mol. The van der Waals surface area contributed by atoms with Crippen LogP contribution in [0.3, 0.4) is 0 Å². The minimum atomic E-state index is -1.17. The third-order valence-corrected chi connectivity index (χ3v) is 5.76. The number of ether oxygens (including phenoxy) is 1. The molecule has 4 nitrogen and oxygen atoms in total. The van der Waals surface area contributed by atoms with Crippen LogP contribution >= 0.6 is 11.8 Å². The molecule has 0 spiro atoms. The van der Waals surface area contributed by atoms with Crippen LogP contribution in [-0.2, 0) is 0 Å². The Kier molecular flexibility index (Phi) is 5.15. The predicted octanol–water partition coefficient (Wildman–Crippen LogP) is 4.96. The van der Waals surface area contributed by atoms with Crippen molar-refractivity contribution in [2.75, 3.05) is 11.9 Å². The third kappa shape index (κ3) is 3.91. The highest BCUT2D eigenvalue weighted by Gasteiger charge is 2.24. The van der Waals surface area contributed by atoms with E-state index in [1.54, 1.807) is 11.8 Å². The largest absolute Gasteiger partial charge is 0.487 e. The maximum atomic E-state index is 14.3. The van der Waals surface area contributed by atoms with Crippen LogP contribution in [0.15, 0.2) is 59.5 Å². The number of hydrogen-bond donors (Lipinski definition) is 2. The van der Waals surface area contributed by atoms with Crippen LogP contribution in [0, 0.1) is 18.6 Å². The summed E-state index contributed by atoms with van der Waals surface area (Å²) in [7, 11) is 0. The van der Waals surface area contributed by atoms with E-state index in [0.29, 0.717) is 0 Å². The first-order chi connectivity index (χ1) is 13.9. The molecule has 0 saturated heterocycles. The Bertz CT molecular complexity index is 1100. The van der Waals surface area contributed by atoms with Gasteiger partial charge in [0.15, 0.2) is 11.6 Å². The topological polar surface area (TPSA) is 64.3 Å². The number of fused-ring (bicyclic) bond motifs is 1. The number of amides is 1. The van der Waals surface area contributed by atoms with Crippen LogP contribution in [0.2, 0.25) is 0 Å². The van der Waals surface area contributed by atoms with E-state index in [1.165, 1.54) is 5.56 Å². The number of benzene rings is 3. The standard InChI is InChI=1S/C22H18F2N2O2S/c1-12-3-2-4-13(9-12)14-5-8-18-16(10-14)26-19(29-18)11-28-17-7-6-15(23)20(21(17)24)22(25)27/h2-10,19,26H,11H2,1H3,(H2,25,27). The van der Waals surface area contributed by atoms with Crippen LogP contribution in [-0.4, -0.2) is 17.9 Å². The normalized spacial score (nSPS) is 14.9. The fourth-order valence-corrected chi connectivity index (χ4v) is 4.24. The molecule has 7 heteroatoms. The number of carbonyl (C=O) groups excluding carboxylic acids is 1. The Morgan fingerprint density at radius 1 is 1.14 bits per heavy atom. The fourth-order valence-electron chi connectivity index (χ4n) is 3.22. The zero-order valence-corrected chi connectivity index (χ0v) is 16.4. The molecule has 148 valence electrons. The summed E-state index contributed by atoms with van der Waals surface area (Å²) < 4.78 is 33.4. The molecule has 4 rings (SSSR count). The number of nitrogens with two attached hydrogens (primary N) is 1. The van der Waals surface area contributed by atoms with Gasteiger partial charge in [0, 0.05) is 10.6 Å². The molecular formula is C22H18F2N2O2S. The van der Waals surface area contributed by atoms with Crippen LogP contribution in [0.5, 0.6) is 5.75 Å². The monoisotopic (exact) mass is 412 g/mol. The zero-order chi connectivity index (χ0) is 20.5. The SMILES string of the molecule is Cc1cccc(-c2ccc3c(c2)NC(COc2ccc(F)c(C(N)=O)c2F)S3)c1. The van der Waals surface area contributed by atoms with Gasteiger partial charge < -0.3 is 15.8 Å². The Hall–Kier alpha value is -3.06. The van der Waals surface area contributed by atoms with Gasteiger partial charge in [0.1, 0.15) is 23.4 Å². The molecule has 0 aliphatic carbocycles. The number of hydrogen-bond acceptors (Lipinski definition) is 4. The predicted molar refractivity (Wildman–Crippen MR) is 110 cm³/mol. The van der Waals surface area contributed by atoms with Gasteiger partial charge in [-0.05, 0) is 42.3 Å². The van der Waals surface area contributed by atoms with Gasteiger partial charge in [-0.25, -0.2) is 8.78 Å². The quantitative estimate of drug-likeness (QED) is 0.622. The highest BCUT2D eigenvalue weighted by atomic mass is 32.2. The Labute approximate surface area is 171 Å². The van der Waals surface area contributed by atoms with Gasteiger partial charge in [-0.3, -0.25) is 4.79 Å². The van der Waals surface area contributed by atoms with Crippen molar-refractivity contribution in [3.8, 4) is 16.9 Å². The van der Waals surface area contributed by atoms with Gasteiger partial charge >= 0.3 is 0 Å². The molecule has 0 aromatic heterocycles. The molecule has 1 heterocycles. The second-order valence-corrected chi connectivity index (χ2v) is 7.99. The van der Waals surface area contributed by atoms with Gasteiger partial charge in [-0.15, -0.1) is 0 Å². The van der Waals surface area contributed by atoms with E-state index in [2.05, 4.69) is 42.6 Å². The summed E-state index contributed by atoms with van der Waals surface area (Å²) in [6.07, 6.45) is 0. The first kappa shape index (κ1) is 19.3. The van der Waals surface area contributed by atoms with E-state index in [0.717, 1.165) is 33.8 Å². The number of anilines is 1. The van der Waals surface area contributed by atoms with E-state index < -0.39 is 23.1 Å². The van der Waals surface area contributed by atoms with Crippen molar-refractivity contribution in [3.63, 3.8) is 0 Å². The average molecular weight is 412 g/mol. The molecule has 0 radical (unpaired) electrons. The van der Waals surface area contributed by atoms with E-state index in [1.807, 2.05) is 12.1 Å². The summed E-state index contributed by atoms with van der Waals surface area (Å²) in [5, 5.41) is 3.19. The molecule has 3 aromatic rings. The van der Waals surface area contributed by atoms with Crippen LogP contribution in [0.25, 0.3) is 11.1 Å². The summed E-state index contributed by atoms with van der Waals surface area (Å²) in [6, 6.07) is 16.5. The molecule has 1 aliphatic rings. The Balaban J connectivity index is 1.47. The number of nitrogens with one attached hydrogen (secondary N) is 1. The van der Waals surface area contributed by atoms with Crippen LogP contribution in [0.1, 0.15) is 15.9 Å². The van der Waals surface area contributed by atoms with Crippen molar-refractivity contribution in [2.45, 2.75) is 17.2 Å². The van der Waals surface area contributed by atoms with Gasteiger partial charge in [0.05, 0.1) is 0 Å². The molecule has 1 atom stereocenters. The van der Waals surface area contributed by atoms with E-state index in [9.17, 15) is 13.6 Å². The number of thioether (sulfide) groups is 1. The molecule has 3 aromatic carbocycles. The van der Waals surface area contributed by atoms with E-state index in [-0.39, 0.29) is 17.7 Å². The maximum absolute atomic E-state index is 14.3. The van der Waals surface area contributed by atoms with Gasteiger partial charge in [-0.1, -0.05) is 47.7 Å². The molecule has 0 saturated carbocycles. The Morgan fingerprint density at radius 3 is 2.69 bits per heavy atom. The molecule has 29 heavy (non-hydrogen) atoms. The lowest BCUT2D eigenvalue weighted by molar-refractivity contribution is 0.0991. The van der Waals surface area contributed by atoms with E-state index >= 15 is 0 Å². The second kappa shape index (κ2) is 7.75. The van der Waals surface area contributed by atoms with Crippen molar-refractivity contribution in [1.82, 2.24) is 0 Å². The number of halogens is 2. The minimum Gasteiger partial charge on any atom is -0.487 e. The smallest absolute Gasteiger partial charge is 0.254 e. The van der Waals surface area contributed by atoms with Gasteiger partial charge in [0.2, 0.25) is 0 Å². The molecule has 3 N–H and O–H groups in total. The first-order valence-electron chi connectivity index (χ1n) is 8.97. The minimum absolute atomic E-state index is 0.125. The highest BCUT2D eigenvalue weighted by molar-refractivity contribution is 8.00. The maximum Gasteiger partial charge on any atom is 0.254 e. The van der Waals surface area contributed by atoms with Crippen LogP contribution in [0.4, 0.5) is 14.5 Å². The van der Waals surface area contributed by atoms with Crippen molar-refractivity contribution in [3.05, 3.63) is 77.4 Å². The third-order valence-electron chi connectivity index (χ3n) is 4.61. The lowest BCUT2D eigenvalue weighted by Crippen LogP contribution is -2.21. The molecule has 0 bridgehead atoms. The number of rotatable bonds is 5. The van der Waals surface area contributed by atoms with Crippen molar-refractivity contribution in [1.29, 1.82) is 0 Å². The lowest BCUT2D eigenvalue weighted by Gasteiger charge is -2.14. The summed E-state index contributed by atoms with van der Waals surface area (Å²) >= 11 is 1.56. The van der Waals surface area contributed by atoms with Gasteiger partial charge in [-0.2, -0.15) is 0 Å². The van der Waals surface area contributed by atoms with E-state index in [4.69, 9.17) is 10.5 Å². The molecule has 1 amide bonds. The lowest BCUT2D eigenvalue weighted by atomic mass is 10.0. The van der Waals surface area contributed by atoms with Crippen LogP contribution < -0.4 is 15.8 Å².